The molecule has 0 spiro atoms. The lowest BCUT2D eigenvalue weighted by atomic mass is 10.1. The summed E-state index contributed by atoms with van der Waals surface area (Å²) in [6.45, 7) is 7.18. The summed E-state index contributed by atoms with van der Waals surface area (Å²) in [4.78, 5) is 0. The average Bonchev–Trinajstić information content (AvgIpc) is 2.65. The summed E-state index contributed by atoms with van der Waals surface area (Å²) in [6.07, 6.45) is 0. The molecule has 0 saturated carbocycles. The minimum atomic E-state index is -0.113. The van der Waals surface area contributed by atoms with Crippen molar-refractivity contribution >= 4 is 11.8 Å². The summed E-state index contributed by atoms with van der Waals surface area (Å²) >= 11 is 1.55. The van der Waals surface area contributed by atoms with E-state index in [0.717, 1.165) is 10.9 Å². The van der Waals surface area contributed by atoms with Crippen LogP contribution in [0.2, 0.25) is 0 Å². The van der Waals surface area contributed by atoms with Crippen LogP contribution < -0.4 is 0 Å². The number of hydrogen-bond acceptors (Lipinski definition) is 6. The Labute approximate surface area is 99.4 Å². The van der Waals surface area contributed by atoms with Crippen LogP contribution in [-0.2, 0) is 10.3 Å². The zero-order valence-corrected chi connectivity index (χ0v) is 10.7. The Morgan fingerprint density at radius 3 is 2.75 bits per heavy atom. The maximum Gasteiger partial charge on any atom is 0.209 e. The lowest BCUT2D eigenvalue weighted by molar-refractivity contribution is 0.103. The summed E-state index contributed by atoms with van der Waals surface area (Å²) in [7, 11) is 0. The van der Waals surface area contributed by atoms with Gasteiger partial charge in [0.25, 0.3) is 0 Å². The summed E-state index contributed by atoms with van der Waals surface area (Å²) in [5.74, 6) is 0.774. The molecule has 0 aliphatic heterocycles. The lowest BCUT2D eigenvalue weighted by Gasteiger charge is -2.19. The molecule has 0 aliphatic rings. The van der Waals surface area contributed by atoms with Gasteiger partial charge in [-0.1, -0.05) is 11.8 Å². The number of aliphatic hydroxyl groups excluding tert-OH is 1. The molecule has 1 N–H and O–H groups in total. The van der Waals surface area contributed by atoms with Gasteiger partial charge in [0.2, 0.25) is 5.16 Å². The van der Waals surface area contributed by atoms with Crippen LogP contribution in [0.3, 0.4) is 0 Å². The van der Waals surface area contributed by atoms with E-state index >= 15 is 0 Å². The molecule has 0 saturated heterocycles. The third-order valence-electron chi connectivity index (χ3n) is 1.77. The van der Waals surface area contributed by atoms with Crippen molar-refractivity contribution in [2.45, 2.75) is 31.5 Å². The highest BCUT2D eigenvalue weighted by molar-refractivity contribution is 7.99. The molecule has 6 nitrogen and oxygen atoms in total. The van der Waals surface area contributed by atoms with Crippen molar-refractivity contribution in [3.63, 3.8) is 0 Å². The van der Waals surface area contributed by atoms with Crippen LogP contribution in [0.25, 0.3) is 0 Å². The van der Waals surface area contributed by atoms with E-state index in [2.05, 4.69) is 36.3 Å². The van der Waals surface area contributed by atoms with Crippen LogP contribution >= 0.6 is 11.8 Å². The summed E-state index contributed by atoms with van der Waals surface area (Å²) in [5.41, 5.74) is -0.113. The second-order valence-corrected chi connectivity index (χ2v) is 5.29. The van der Waals surface area contributed by atoms with E-state index in [0.29, 0.717) is 13.2 Å². The number of nitrogens with zero attached hydrogens (tertiary/aromatic N) is 4. The molecule has 0 radical (unpaired) electrons. The topological polar surface area (TPSA) is 73.1 Å². The van der Waals surface area contributed by atoms with Crippen LogP contribution in [0.1, 0.15) is 20.8 Å². The molecule has 0 atom stereocenters. The molecule has 0 bridgehead atoms. The van der Waals surface area contributed by atoms with Gasteiger partial charge in [-0.3, -0.25) is 0 Å². The second-order valence-electron chi connectivity index (χ2n) is 4.23. The Hall–Kier alpha value is -0.660. The van der Waals surface area contributed by atoms with Crippen molar-refractivity contribution < 1.29 is 9.84 Å². The summed E-state index contributed by atoms with van der Waals surface area (Å²) in [6, 6.07) is 0. The maximum absolute atomic E-state index is 8.53. The third-order valence-corrected chi connectivity index (χ3v) is 2.65. The molecule has 0 fully saturated rings. The SMILES string of the molecule is CC(C)(C)n1nnnc1SCCOCCO. The standard InChI is InChI=1S/C9H18N4O2S/c1-9(2,3)13-8(10-11-12-13)16-7-6-15-5-4-14/h14H,4-7H2,1-3H3. The number of ether oxygens (including phenoxy) is 1. The van der Waals surface area contributed by atoms with Crippen molar-refractivity contribution in [1.82, 2.24) is 20.2 Å². The zero-order valence-electron chi connectivity index (χ0n) is 9.88. The van der Waals surface area contributed by atoms with Gasteiger partial charge < -0.3 is 9.84 Å². The number of tetrazole rings is 1. The first kappa shape index (κ1) is 13.4. The fourth-order valence-corrected chi connectivity index (χ4v) is 1.96. The first-order valence-electron chi connectivity index (χ1n) is 5.16. The van der Waals surface area contributed by atoms with Gasteiger partial charge in [0.05, 0.1) is 25.4 Å². The van der Waals surface area contributed by atoms with Gasteiger partial charge in [0.1, 0.15) is 0 Å². The first-order valence-corrected chi connectivity index (χ1v) is 6.14. The summed E-state index contributed by atoms with van der Waals surface area (Å²) in [5, 5.41) is 20.9. The van der Waals surface area contributed by atoms with Crippen molar-refractivity contribution in [3.05, 3.63) is 0 Å². The molecular formula is C9H18N4O2S. The third kappa shape index (κ3) is 4.07. The normalized spacial score (nSPS) is 12.0. The fraction of sp³-hybridized carbons (Fsp3) is 0.889. The van der Waals surface area contributed by atoms with Crippen molar-refractivity contribution in [2.75, 3.05) is 25.6 Å². The molecule has 92 valence electrons. The molecule has 0 aromatic carbocycles. The number of aromatic nitrogens is 4. The van der Waals surface area contributed by atoms with E-state index in [4.69, 9.17) is 9.84 Å². The molecule has 1 aromatic heterocycles. The number of rotatable bonds is 6. The van der Waals surface area contributed by atoms with Crippen LogP contribution in [-0.4, -0.2) is 50.9 Å². The van der Waals surface area contributed by atoms with E-state index in [9.17, 15) is 0 Å². The molecule has 1 heterocycles. The van der Waals surface area contributed by atoms with Crippen LogP contribution in [0.5, 0.6) is 0 Å². The number of hydrogen-bond donors (Lipinski definition) is 1. The Morgan fingerprint density at radius 2 is 2.12 bits per heavy atom. The second kappa shape index (κ2) is 6.17. The molecule has 7 heteroatoms. The van der Waals surface area contributed by atoms with E-state index in [-0.39, 0.29) is 12.1 Å². The van der Waals surface area contributed by atoms with Crippen LogP contribution in [0.4, 0.5) is 0 Å². The van der Waals surface area contributed by atoms with Gasteiger partial charge in [-0.25, -0.2) is 4.68 Å². The van der Waals surface area contributed by atoms with Gasteiger partial charge in [-0.05, 0) is 31.2 Å². The van der Waals surface area contributed by atoms with Crippen LogP contribution in [0, 0.1) is 0 Å². The highest BCUT2D eigenvalue weighted by atomic mass is 32.2. The molecule has 0 amide bonds. The molecule has 1 aromatic rings. The Kier molecular flexibility index (Phi) is 5.17. The monoisotopic (exact) mass is 246 g/mol. The quantitative estimate of drug-likeness (QED) is 0.583. The number of aliphatic hydroxyl groups is 1. The lowest BCUT2D eigenvalue weighted by Crippen LogP contribution is -2.24. The predicted molar refractivity (Wildman–Crippen MR) is 61.4 cm³/mol. The molecule has 0 aliphatic carbocycles. The minimum Gasteiger partial charge on any atom is -0.394 e. The highest BCUT2D eigenvalue weighted by Crippen LogP contribution is 2.20. The van der Waals surface area contributed by atoms with E-state index in [1.54, 1.807) is 16.4 Å². The van der Waals surface area contributed by atoms with Gasteiger partial charge in [0.15, 0.2) is 0 Å². The Morgan fingerprint density at radius 1 is 1.38 bits per heavy atom. The smallest absolute Gasteiger partial charge is 0.209 e. The van der Waals surface area contributed by atoms with E-state index < -0.39 is 0 Å². The molecular weight excluding hydrogens is 228 g/mol. The van der Waals surface area contributed by atoms with E-state index in [1.165, 1.54) is 0 Å². The maximum atomic E-state index is 8.53. The predicted octanol–water partition coefficient (Wildman–Crippen LogP) is 0.529. The zero-order chi connectivity index (χ0) is 12.0. The first-order chi connectivity index (χ1) is 7.55. The summed E-state index contributed by atoms with van der Waals surface area (Å²) < 4.78 is 6.95. The molecule has 0 unspecified atom stereocenters. The van der Waals surface area contributed by atoms with Gasteiger partial charge in [-0.15, -0.1) is 5.10 Å². The van der Waals surface area contributed by atoms with Crippen molar-refractivity contribution in [2.24, 2.45) is 0 Å². The van der Waals surface area contributed by atoms with Crippen molar-refractivity contribution in [3.8, 4) is 0 Å². The molecule has 1 rings (SSSR count). The number of thioether (sulfide) groups is 1. The molecule has 16 heavy (non-hydrogen) atoms. The Bertz CT molecular complexity index is 311. The average molecular weight is 246 g/mol. The Balaban J connectivity index is 2.40. The highest BCUT2D eigenvalue weighted by Gasteiger charge is 2.19. The fourth-order valence-electron chi connectivity index (χ4n) is 1.05. The largest absolute Gasteiger partial charge is 0.394 e. The van der Waals surface area contributed by atoms with Crippen molar-refractivity contribution in [1.29, 1.82) is 0 Å². The minimum absolute atomic E-state index is 0.0599. The van der Waals surface area contributed by atoms with Gasteiger partial charge >= 0.3 is 0 Å². The van der Waals surface area contributed by atoms with Gasteiger partial charge in [-0.2, -0.15) is 0 Å². The van der Waals surface area contributed by atoms with E-state index in [1.807, 2.05) is 0 Å². The van der Waals surface area contributed by atoms with Crippen LogP contribution in [0.15, 0.2) is 5.16 Å². The van der Waals surface area contributed by atoms with Gasteiger partial charge in [0, 0.05) is 5.75 Å².